The zero-order chi connectivity index (χ0) is 35.6. The number of halogens is 2. The summed E-state index contributed by atoms with van der Waals surface area (Å²) in [7, 11) is 0. The van der Waals surface area contributed by atoms with E-state index in [4.69, 9.17) is 42.1 Å². The second-order valence-electron chi connectivity index (χ2n) is 12.6. The number of ether oxygens (including phenoxy) is 4. The molecule has 0 fully saturated rings. The topological polar surface area (TPSA) is 88.5 Å². The molecule has 0 atom stereocenters. The number of nitrogens with zero attached hydrogens (tertiary/aromatic N) is 4. The number of hydrogen-bond acceptors (Lipinski definition) is 8. The van der Waals surface area contributed by atoms with Gasteiger partial charge in [0.15, 0.2) is 0 Å². The van der Waals surface area contributed by atoms with Crippen molar-refractivity contribution in [1.29, 1.82) is 0 Å². The summed E-state index contributed by atoms with van der Waals surface area (Å²) in [6, 6.07) is 6.03. The molecule has 2 aliphatic rings. The SMILES string of the molecule is CC(C)CCOc1[c-]c(Cl)nc(OCCC(C)C)n1.CC(C)CCOc1[c-]c(Cl)nc(OCCC(C)C)n1.[C-]1=CC=CC1.[C-]1=CC=CC1.[Ti+4]. The average molecular weight is 750 g/mol. The molecule has 0 N–H and O–H groups in total. The van der Waals surface area contributed by atoms with E-state index in [2.05, 4.69) is 112 Å². The first kappa shape index (κ1) is 46.6. The number of aromatic nitrogens is 4. The van der Waals surface area contributed by atoms with E-state index in [1.54, 1.807) is 0 Å². The van der Waals surface area contributed by atoms with Crippen LogP contribution in [0.4, 0.5) is 0 Å². The van der Waals surface area contributed by atoms with Crippen LogP contribution in [-0.2, 0) is 21.7 Å². The number of allylic oxidation sites excluding steroid dienone is 8. The first-order valence-electron chi connectivity index (χ1n) is 16.8. The van der Waals surface area contributed by atoms with Crippen molar-refractivity contribution in [3.05, 3.63) is 71.0 Å². The van der Waals surface area contributed by atoms with Crippen molar-refractivity contribution in [1.82, 2.24) is 19.9 Å². The van der Waals surface area contributed by atoms with Crippen molar-refractivity contribution in [2.75, 3.05) is 26.4 Å². The van der Waals surface area contributed by atoms with Gasteiger partial charge in [0, 0.05) is 11.8 Å². The minimum atomic E-state index is 0. The Hall–Kier alpha value is -2.39. The molecule has 0 bridgehead atoms. The maximum Gasteiger partial charge on any atom is 4.00 e. The van der Waals surface area contributed by atoms with Gasteiger partial charge in [-0.3, -0.25) is 12.2 Å². The summed E-state index contributed by atoms with van der Waals surface area (Å²) in [6.07, 6.45) is 23.8. The van der Waals surface area contributed by atoms with Crippen molar-refractivity contribution < 1.29 is 40.7 Å². The quantitative estimate of drug-likeness (QED) is 0.0952. The molecule has 0 unspecified atom stereocenters. The molecular formula is C38H54Cl2N4O4Ti. The Morgan fingerprint density at radius 1 is 0.551 bits per heavy atom. The zero-order valence-corrected chi connectivity index (χ0v) is 33.6. The van der Waals surface area contributed by atoms with Crippen molar-refractivity contribution in [2.24, 2.45) is 23.7 Å². The van der Waals surface area contributed by atoms with Gasteiger partial charge < -0.3 is 31.1 Å². The largest absolute Gasteiger partial charge is 4.00 e. The van der Waals surface area contributed by atoms with Crippen LogP contribution in [0.2, 0.25) is 10.3 Å². The Morgan fingerprint density at radius 3 is 1.12 bits per heavy atom. The van der Waals surface area contributed by atoms with Crippen LogP contribution >= 0.6 is 23.2 Å². The van der Waals surface area contributed by atoms with Gasteiger partial charge in [-0.15, -0.1) is 36.0 Å². The second-order valence-corrected chi connectivity index (χ2v) is 13.3. The Labute approximate surface area is 321 Å². The molecule has 11 heteroatoms. The third-order valence-electron chi connectivity index (χ3n) is 6.09. The molecule has 0 spiro atoms. The van der Waals surface area contributed by atoms with E-state index in [9.17, 15) is 0 Å². The molecule has 8 nitrogen and oxygen atoms in total. The molecule has 2 heterocycles. The van der Waals surface area contributed by atoms with Crippen LogP contribution in [-0.4, -0.2) is 46.4 Å². The van der Waals surface area contributed by atoms with Crippen molar-refractivity contribution in [2.45, 2.75) is 93.9 Å². The fourth-order valence-electron chi connectivity index (χ4n) is 3.18. The van der Waals surface area contributed by atoms with E-state index in [0.29, 0.717) is 61.9 Å². The standard InChI is InChI=1S/2C14H22ClN2O2.2C5H5.Ti/c2*1-10(2)5-7-18-13-9-12(15)16-14(17-13)19-8-6-11(3)4;2*1-2-4-5-3-1;/h2*10-11H,5-8H2,1-4H3;2*1-3H,4H2;/q4*-1;+4. The van der Waals surface area contributed by atoms with E-state index >= 15 is 0 Å². The van der Waals surface area contributed by atoms with Gasteiger partial charge in [0.2, 0.25) is 0 Å². The zero-order valence-electron chi connectivity index (χ0n) is 30.5. The summed E-state index contributed by atoms with van der Waals surface area (Å²) in [5, 5.41) is 0.434. The van der Waals surface area contributed by atoms with Gasteiger partial charge in [0.05, 0.1) is 26.4 Å². The molecule has 0 aliphatic heterocycles. The maximum atomic E-state index is 5.87. The van der Waals surface area contributed by atoms with Gasteiger partial charge in [0.1, 0.15) is 0 Å². The summed E-state index contributed by atoms with van der Waals surface area (Å²) >= 11 is 11.7. The first-order valence-corrected chi connectivity index (χ1v) is 17.6. The van der Waals surface area contributed by atoms with Gasteiger partial charge in [-0.2, -0.15) is 22.1 Å². The molecule has 0 amide bonds. The predicted molar refractivity (Wildman–Crippen MR) is 195 cm³/mol. The summed E-state index contributed by atoms with van der Waals surface area (Å²) in [5.41, 5.74) is 0. The van der Waals surface area contributed by atoms with Crippen LogP contribution < -0.4 is 18.9 Å². The summed E-state index contributed by atoms with van der Waals surface area (Å²) < 4.78 is 21.9. The van der Waals surface area contributed by atoms with Crippen molar-refractivity contribution in [3.63, 3.8) is 0 Å². The normalized spacial score (nSPS) is 12.2. The maximum absolute atomic E-state index is 5.87. The molecule has 4 rings (SSSR count). The molecule has 2 aromatic rings. The molecule has 49 heavy (non-hydrogen) atoms. The van der Waals surface area contributed by atoms with Gasteiger partial charge in [-0.1, -0.05) is 55.4 Å². The molecule has 2 aliphatic carbocycles. The van der Waals surface area contributed by atoms with Crippen LogP contribution in [0.25, 0.3) is 0 Å². The van der Waals surface area contributed by atoms with Crippen molar-refractivity contribution >= 4 is 23.2 Å². The Balaban J connectivity index is 0.000000717. The van der Waals surface area contributed by atoms with Crippen LogP contribution in [0.3, 0.4) is 0 Å². The molecule has 2 aromatic heterocycles. The fraction of sp³-hybridized carbons (Fsp3) is 0.579. The van der Waals surface area contributed by atoms with Crippen LogP contribution in [0, 0.1) is 48.0 Å². The third-order valence-corrected chi connectivity index (χ3v) is 6.45. The monoisotopic (exact) mass is 748 g/mol. The number of hydrogen-bond donors (Lipinski definition) is 0. The third kappa shape index (κ3) is 28.1. The molecule has 0 saturated heterocycles. The van der Waals surface area contributed by atoms with Gasteiger partial charge in [-0.05, 0) is 59.7 Å². The van der Waals surface area contributed by atoms with Gasteiger partial charge >= 0.3 is 33.7 Å². The van der Waals surface area contributed by atoms with E-state index in [-0.39, 0.29) is 44.0 Å². The Morgan fingerprint density at radius 2 is 0.878 bits per heavy atom. The smallest absolute Gasteiger partial charge is 0.511 e. The predicted octanol–water partition coefficient (Wildman–Crippen LogP) is 10.2. The van der Waals surface area contributed by atoms with E-state index in [1.807, 2.05) is 24.3 Å². The minimum absolute atomic E-state index is 0. The van der Waals surface area contributed by atoms with Crippen LogP contribution in [0.15, 0.2) is 36.5 Å². The summed E-state index contributed by atoms with van der Waals surface area (Å²) in [6.45, 7) is 19.4. The second kappa shape index (κ2) is 29.4. The molecule has 0 aromatic carbocycles. The van der Waals surface area contributed by atoms with Crippen LogP contribution in [0.1, 0.15) is 93.9 Å². The fourth-order valence-corrected chi connectivity index (χ4v) is 3.49. The minimum Gasteiger partial charge on any atom is -0.511 e. The average Bonchev–Trinajstić information content (AvgIpc) is 3.77. The molecule has 268 valence electrons. The first-order chi connectivity index (χ1) is 22.9. The molecule has 0 saturated carbocycles. The van der Waals surface area contributed by atoms with Crippen molar-refractivity contribution in [3.8, 4) is 23.8 Å². The van der Waals surface area contributed by atoms with E-state index in [0.717, 1.165) is 38.5 Å². The molecule has 0 radical (unpaired) electrons. The van der Waals surface area contributed by atoms with E-state index < -0.39 is 0 Å². The van der Waals surface area contributed by atoms with E-state index in [1.165, 1.54) is 0 Å². The molecular weight excluding hydrogens is 695 g/mol. The number of rotatable bonds is 16. The summed E-state index contributed by atoms with van der Waals surface area (Å²) in [4.78, 5) is 16.2. The Bertz CT molecular complexity index is 1070. The summed E-state index contributed by atoms with van der Waals surface area (Å²) in [5.74, 6) is 3.01. The van der Waals surface area contributed by atoms with Crippen LogP contribution in [0.5, 0.6) is 23.8 Å². The van der Waals surface area contributed by atoms with Gasteiger partial charge in [0.25, 0.3) is 0 Å². The van der Waals surface area contributed by atoms with Gasteiger partial charge in [-0.25, -0.2) is 34.3 Å². The Kier molecular flexibility index (Phi) is 27.9.